The maximum atomic E-state index is 12.7. The Bertz CT molecular complexity index is 885. The summed E-state index contributed by atoms with van der Waals surface area (Å²) >= 11 is 12.1. The molecule has 1 amide bonds. The Morgan fingerprint density at radius 1 is 1.11 bits per heavy atom. The summed E-state index contributed by atoms with van der Waals surface area (Å²) in [6.45, 7) is 2.22. The highest BCUT2D eigenvalue weighted by atomic mass is 35.5. The smallest absolute Gasteiger partial charge is 0.243 e. The maximum absolute atomic E-state index is 12.7. The van der Waals surface area contributed by atoms with Gasteiger partial charge in [0.1, 0.15) is 6.04 Å². The van der Waals surface area contributed by atoms with Gasteiger partial charge in [0, 0.05) is 16.6 Å². The zero-order valence-electron chi connectivity index (χ0n) is 15.9. The Hall–Kier alpha value is -1.76. The first-order valence-corrected chi connectivity index (χ1v) is 11.6. The monoisotopic (exact) mass is 442 g/mol. The molecule has 0 heterocycles. The first kappa shape index (κ1) is 22.5. The van der Waals surface area contributed by atoms with Crippen LogP contribution in [0.1, 0.15) is 25.3 Å². The van der Waals surface area contributed by atoms with Crippen LogP contribution in [0.4, 0.5) is 5.69 Å². The minimum atomic E-state index is -3.73. The van der Waals surface area contributed by atoms with Crippen molar-refractivity contribution < 1.29 is 13.2 Å². The third-order valence-corrected chi connectivity index (χ3v) is 5.83. The van der Waals surface area contributed by atoms with E-state index in [2.05, 4.69) is 5.32 Å². The third-order valence-electron chi connectivity index (χ3n) is 4.22. The maximum Gasteiger partial charge on any atom is 0.243 e. The number of carbonyl (C=O) groups excluding carboxylic acids is 1. The average Bonchev–Trinajstić information content (AvgIpc) is 2.61. The van der Waals surface area contributed by atoms with E-state index in [4.69, 9.17) is 23.2 Å². The van der Waals surface area contributed by atoms with Crippen LogP contribution < -0.4 is 9.62 Å². The molecule has 0 aliphatic rings. The minimum Gasteiger partial charge on any atom is -0.354 e. The molecule has 2 rings (SSSR count). The number of hydrogen-bond acceptors (Lipinski definition) is 3. The van der Waals surface area contributed by atoms with Gasteiger partial charge in [-0.2, -0.15) is 0 Å². The zero-order chi connectivity index (χ0) is 20.7. The standard InChI is InChI=1S/C20H24Cl2N2O3S/c1-3-19(20(25)23-11-7-10-15-8-5-4-6-9-15)24(28(2,26)27)18-13-16(21)12-17(22)14-18/h4-6,8-9,12-14,19H,3,7,10-11H2,1-2H3,(H,23,25). The van der Waals surface area contributed by atoms with E-state index in [-0.39, 0.29) is 11.6 Å². The van der Waals surface area contributed by atoms with Gasteiger partial charge in [-0.3, -0.25) is 9.10 Å². The predicted octanol–water partition coefficient (Wildman–Crippen LogP) is 4.29. The Labute approximate surface area is 176 Å². The van der Waals surface area contributed by atoms with Crippen LogP contribution in [-0.4, -0.2) is 33.2 Å². The molecule has 8 heteroatoms. The number of nitrogens with one attached hydrogen (secondary N) is 1. The summed E-state index contributed by atoms with van der Waals surface area (Å²) in [4.78, 5) is 12.7. The topological polar surface area (TPSA) is 66.5 Å². The van der Waals surface area contributed by atoms with E-state index in [1.807, 2.05) is 30.3 Å². The summed E-state index contributed by atoms with van der Waals surface area (Å²) in [6.07, 6.45) is 2.96. The summed E-state index contributed by atoms with van der Waals surface area (Å²) in [5.74, 6) is -0.350. The first-order valence-electron chi connectivity index (χ1n) is 8.99. The summed E-state index contributed by atoms with van der Waals surface area (Å²) in [5, 5.41) is 3.44. The van der Waals surface area contributed by atoms with Gasteiger partial charge in [-0.15, -0.1) is 0 Å². The highest BCUT2D eigenvalue weighted by Crippen LogP contribution is 2.29. The van der Waals surface area contributed by atoms with Gasteiger partial charge in [-0.25, -0.2) is 8.42 Å². The van der Waals surface area contributed by atoms with E-state index < -0.39 is 16.1 Å². The van der Waals surface area contributed by atoms with Gasteiger partial charge in [-0.05, 0) is 43.0 Å². The molecule has 5 nitrogen and oxygen atoms in total. The molecule has 0 aromatic heterocycles. The number of anilines is 1. The second-order valence-electron chi connectivity index (χ2n) is 6.49. The lowest BCUT2D eigenvalue weighted by Gasteiger charge is -2.30. The van der Waals surface area contributed by atoms with Crippen LogP contribution in [0.25, 0.3) is 0 Å². The van der Waals surface area contributed by atoms with Crippen LogP contribution in [0.5, 0.6) is 0 Å². The van der Waals surface area contributed by atoms with E-state index in [1.165, 1.54) is 23.8 Å². The quantitative estimate of drug-likeness (QED) is 0.588. The number of halogens is 2. The van der Waals surface area contributed by atoms with E-state index in [1.54, 1.807) is 6.92 Å². The van der Waals surface area contributed by atoms with Gasteiger partial charge < -0.3 is 5.32 Å². The van der Waals surface area contributed by atoms with Crippen LogP contribution in [0.3, 0.4) is 0 Å². The van der Waals surface area contributed by atoms with Crippen LogP contribution in [0.15, 0.2) is 48.5 Å². The van der Waals surface area contributed by atoms with E-state index >= 15 is 0 Å². The minimum absolute atomic E-state index is 0.270. The van der Waals surface area contributed by atoms with Gasteiger partial charge in [0.05, 0.1) is 11.9 Å². The molecule has 1 N–H and O–H groups in total. The van der Waals surface area contributed by atoms with Crippen molar-refractivity contribution in [3.05, 3.63) is 64.1 Å². The second kappa shape index (κ2) is 10.1. The van der Waals surface area contributed by atoms with Crippen LogP contribution >= 0.6 is 23.2 Å². The molecular weight excluding hydrogens is 419 g/mol. The van der Waals surface area contributed by atoms with Gasteiger partial charge >= 0.3 is 0 Å². The summed E-state index contributed by atoms with van der Waals surface area (Å²) < 4.78 is 25.9. The van der Waals surface area contributed by atoms with E-state index in [0.717, 1.165) is 23.4 Å². The molecule has 2 aromatic rings. The van der Waals surface area contributed by atoms with Crippen molar-refractivity contribution in [2.24, 2.45) is 0 Å². The molecule has 2 aromatic carbocycles. The van der Waals surface area contributed by atoms with Crippen LogP contribution in [0, 0.1) is 0 Å². The first-order chi connectivity index (χ1) is 13.2. The molecule has 0 radical (unpaired) electrons. The highest BCUT2D eigenvalue weighted by molar-refractivity contribution is 7.92. The Morgan fingerprint density at radius 3 is 2.25 bits per heavy atom. The van der Waals surface area contributed by atoms with E-state index in [9.17, 15) is 13.2 Å². The predicted molar refractivity (Wildman–Crippen MR) is 116 cm³/mol. The molecule has 152 valence electrons. The fraction of sp³-hybridized carbons (Fsp3) is 0.350. The number of hydrogen-bond donors (Lipinski definition) is 1. The molecule has 0 aliphatic heterocycles. The van der Waals surface area contributed by atoms with Crippen molar-refractivity contribution >= 4 is 44.8 Å². The van der Waals surface area contributed by atoms with Gasteiger partial charge in [0.25, 0.3) is 0 Å². The number of rotatable bonds is 9. The highest BCUT2D eigenvalue weighted by Gasteiger charge is 2.31. The van der Waals surface area contributed by atoms with Gasteiger partial charge in [0.2, 0.25) is 15.9 Å². The molecule has 0 bridgehead atoms. The summed E-state index contributed by atoms with van der Waals surface area (Å²) in [5.41, 5.74) is 1.46. The van der Waals surface area contributed by atoms with Crippen molar-refractivity contribution in [1.29, 1.82) is 0 Å². The Balaban J connectivity index is 2.11. The molecule has 28 heavy (non-hydrogen) atoms. The van der Waals surface area contributed by atoms with Crippen molar-refractivity contribution in [3.8, 4) is 0 Å². The van der Waals surface area contributed by atoms with Gasteiger partial charge in [0.15, 0.2) is 0 Å². The SMILES string of the molecule is CCC(C(=O)NCCCc1ccccc1)N(c1cc(Cl)cc(Cl)c1)S(C)(=O)=O. The molecule has 0 aliphatic carbocycles. The summed E-state index contributed by atoms with van der Waals surface area (Å²) in [7, 11) is -3.73. The van der Waals surface area contributed by atoms with Crippen molar-refractivity contribution in [3.63, 3.8) is 0 Å². The molecular formula is C20H24Cl2N2O3S. The second-order valence-corrected chi connectivity index (χ2v) is 9.22. The zero-order valence-corrected chi connectivity index (χ0v) is 18.2. The van der Waals surface area contributed by atoms with Gasteiger partial charge in [-0.1, -0.05) is 60.5 Å². The molecule has 0 spiro atoms. The largest absolute Gasteiger partial charge is 0.354 e. The van der Waals surface area contributed by atoms with Crippen molar-refractivity contribution in [2.45, 2.75) is 32.2 Å². The number of amides is 1. The number of aryl methyl sites for hydroxylation is 1. The molecule has 1 unspecified atom stereocenters. The number of benzene rings is 2. The lowest BCUT2D eigenvalue weighted by molar-refractivity contribution is -0.122. The Morgan fingerprint density at radius 2 is 1.71 bits per heavy atom. The fourth-order valence-corrected chi connectivity index (χ4v) is 4.70. The number of sulfonamides is 1. The summed E-state index contributed by atoms with van der Waals surface area (Å²) in [6, 6.07) is 13.6. The molecule has 0 saturated carbocycles. The number of nitrogens with zero attached hydrogens (tertiary/aromatic N) is 1. The molecule has 0 saturated heterocycles. The lowest BCUT2D eigenvalue weighted by Crippen LogP contribution is -2.49. The molecule has 0 fully saturated rings. The Kier molecular flexibility index (Phi) is 8.16. The lowest BCUT2D eigenvalue weighted by atomic mass is 10.1. The number of carbonyl (C=O) groups is 1. The average molecular weight is 443 g/mol. The van der Waals surface area contributed by atoms with Crippen molar-refractivity contribution in [2.75, 3.05) is 17.1 Å². The van der Waals surface area contributed by atoms with Crippen LogP contribution in [0.2, 0.25) is 10.0 Å². The fourth-order valence-electron chi connectivity index (χ4n) is 2.99. The van der Waals surface area contributed by atoms with Crippen LogP contribution in [-0.2, 0) is 21.2 Å². The van der Waals surface area contributed by atoms with Crippen molar-refractivity contribution in [1.82, 2.24) is 5.32 Å². The van der Waals surface area contributed by atoms with E-state index in [0.29, 0.717) is 23.0 Å². The molecule has 1 atom stereocenters. The third kappa shape index (κ3) is 6.40. The normalized spacial score (nSPS) is 12.4.